The summed E-state index contributed by atoms with van der Waals surface area (Å²) >= 11 is 0. The monoisotopic (exact) mass is 1100 g/mol. The van der Waals surface area contributed by atoms with E-state index < -0.39 is 157 Å². The van der Waals surface area contributed by atoms with E-state index in [1.807, 2.05) is 0 Å². The predicted molar refractivity (Wildman–Crippen MR) is 280 cm³/mol. The molecule has 0 aromatic heterocycles. The number of nitrogens with two attached hydrogens (primary N) is 3. The van der Waals surface area contributed by atoms with Gasteiger partial charge in [0.1, 0.15) is 54.4 Å². The highest BCUT2D eigenvalue weighted by Crippen LogP contribution is 2.11. The molecule has 0 heterocycles. The van der Waals surface area contributed by atoms with Crippen LogP contribution in [0.2, 0.25) is 0 Å². The number of hydrogen-bond donors (Lipinski definition) is 15. The van der Waals surface area contributed by atoms with Gasteiger partial charge in [0.05, 0.1) is 19.1 Å². The lowest BCUT2D eigenvalue weighted by atomic mass is 10.0. The van der Waals surface area contributed by atoms with Crippen LogP contribution in [0.1, 0.15) is 90.7 Å². The number of aliphatic hydroxyl groups excluding tert-OH is 1. The second kappa shape index (κ2) is 33.9. The average Bonchev–Trinajstić information content (AvgIpc) is 3.37. The highest BCUT2D eigenvalue weighted by atomic mass is 16.4. The fraction of sp³-hybridized carbons (Fsp3) is 0.529. The third-order valence-electron chi connectivity index (χ3n) is 11.8. The third-order valence-corrected chi connectivity index (χ3v) is 11.8. The van der Waals surface area contributed by atoms with Crippen LogP contribution < -0.4 is 65.1 Å². The first-order valence-electron chi connectivity index (χ1n) is 25.4. The number of carbonyl (C=O) groups is 12. The lowest BCUT2D eigenvalue weighted by Crippen LogP contribution is -2.60. The molecule has 430 valence electrons. The normalized spacial score (nSPS) is 14.8. The van der Waals surface area contributed by atoms with Crippen LogP contribution in [0.25, 0.3) is 0 Å². The number of rotatable bonds is 35. The van der Waals surface area contributed by atoms with Crippen LogP contribution in [0.15, 0.2) is 60.7 Å². The summed E-state index contributed by atoms with van der Waals surface area (Å²) in [5.74, 6) is -12.3. The molecule has 0 unspecified atom stereocenters. The lowest BCUT2D eigenvalue weighted by molar-refractivity contribution is -0.141. The summed E-state index contributed by atoms with van der Waals surface area (Å²) < 4.78 is 0. The number of amides is 10. The Kier molecular flexibility index (Phi) is 28.7. The van der Waals surface area contributed by atoms with Crippen molar-refractivity contribution in [1.82, 2.24) is 47.9 Å². The molecule has 2 aromatic carbocycles. The molecule has 0 fully saturated rings. The Morgan fingerprint density at radius 3 is 1.46 bits per heavy atom. The summed E-state index contributed by atoms with van der Waals surface area (Å²) in [5, 5.41) is 50.7. The van der Waals surface area contributed by atoms with Gasteiger partial charge in [0.25, 0.3) is 0 Å². The van der Waals surface area contributed by atoms with Crippen molar-refractivity contribution in [1.29, 1.82) is 0 Å². The average molecular weight is 1100 g/mol. The summed E-state index contributed by atoms with van der Waals surface area (Å²) in [5.41, 5.74) is 18.1. The third kappa shape index (κ3) is 24.7. The molecule has 10 amide bonds. The Labute approximate surface area is 451 Å². The summed E-state index contributed by atoms with van der Waals surface area (Å²) in [6, 6.07) is 3.97. The Morgan fingerprint density at radius 1 is 0.513 bits per heavy atom. The van der Waals surface area contributed by atoms with E-state index in [1.165, 1.54) is 20.8 Å². The summed E-state index contributed by atoms with van der Waals surface area (Å²) in [6.45, 7) is 6.73. The highest BCUT2D eigenvalue weighted by Gasteiger charge is 2.35. The van der Waals surface area contributed by atoms with Gasteiger partial charge in [0, 0.05) is 19.3 Å². The summed E-state index contributed by atoms with van der Waals surface area (Å²) in [6.07, 6.45) is -2.70. The molecule has 2 rings (SSSR count). The van der Waals surface area contributed by atoms with E-state index in [4.69, 9.17) is 17.2 Å². The van der Waals surface area contributed by atoms with Gasteiger partial charge in [-0.25, -0.2) is 4.79 Å². The minimum atomic E-state index is -1.68. The second-order valence-corrected chi connectivity index (χ2v) is 19.1. The molecular weight excluding hydrogens is 1020 g/mol. The van der Waals surface area contributed by atoms with Crippen LogP contribution in [0, 0.1) is 5.92 Å². The van der Waals surface area contributed by atoms with Gasteiger partial charge in [0.15, 0.2) is 0 Å². The Bertz CT molecular complexity index is 2380. The van der Waals surface area contributed by atoms with E-state index in [0.29, 0.717) is 17.5 Å². The number of carboxylic acids is 2. The SMILES string of the molecule is CC(C)C[C@H](NC(=O)[C@H](C)NC(=O)[C@H](CCCCN)NC(=O)[C@H](CCC(=O)O)NC(=O)[C@H](Cc1ccccc1)NC(=O)[C@@H](N)[C@@H](C)O)C(=O)N[C@@H](CC(N)=O)C(=O)N[C@@H](C)C(=O)NCC(=O)N[C@@H](Cc1ccccc1)C(=O)O. The zero-order chi connectivity index (χ0) is 58.6. The number of carboxylic acid groups (broad SMARTS) is 2. The van der Waals surface area contributed by atoms with E-state index in [0.717, 1.165) is 0 Å². The molecule has 0 saturated carbocycles. The van der Waals surface area contributed by atoms with Crippen LogP contribution in [0.4, 0.5) is 0 Å². The van der Waals surface area contributed by atoms with E-state index in [2.05, 4.69) is 47.9 Å². The molecule has 27 nitrogen and oxygen atoms in total. The van der Waals surface area contributed by atoms with Gasteiger partial charge in [0.2, 0.25) is 59.1 Å². The number of benzene rings is 2. The fourth-order valence-electron chi connectivity index (χ4n) is 7.45. The van der Waals surface area contributed by atoms with Crippen LogP contribution in [0.5, 0.6) is 0 Å². The van der Waals surface area contributed by atoms with Crippen molar-refractivity contribution in [3.05, 3.63) is 71.8 Å². The van der Waals surface area contributed by atoms with Crippen molar-refractivity contribution >= 4 is 71.0 Å². The molecule has 18 N–H and O–H groups in total. The molecule has 0 aliphatic rings. The van der Waals surface area contributed by atoms with Crippen LogP contribution in [-0.2, 0) is 70.4 Å². The number of primary amides is 1. The number of unbranched alkanes of at least 4 members (excludes halogenated alkanes) is 1. The van der Waals surface area contributed by atoms with Gasteiger partial charge in [-0.3, -0.25) is 52.7 Å². The first-order chi connectivity index (χ1) is 36.7. The van der Waals surface area contributed by atoms with Gasteiger partial charge in [-0.2, -0.15) is 0 Å². The van der Waals surface area contributed by atoms with Gasteiger partial charge >= 0.3 is 11.9 Å². The standard InChI is InChI=1S/C51H76N12O15/c1-27(2)22-35(48(74)62-37(25-39(53)65)47(73)56-28(3)43(69)55-26-40(66)58-38(51(77)78)24-32-16-10-7-11-17-32)61-44(70)29(4)57-45(71)33(18-12-13-21-52)59-46(72)34(19-20-41(67)68)60-49(75)36(23-31-14-8-6-9-15-31)63-50(76)42(54)30(5)64/h6-11,14-17,27-30,33-38,42,64H,12-13,18-26,52,54H2,1-5H3,(H2,53,65)(H,55,69)(H,56,73)(H,57,71)(H,58,66)(H,59,72)(H,60,75)(H,61,70)(H,62,74)(H,63,76)(H,67,68)(H,77,78)/t28-,29-,30+,33-,34-,35-,36-,37-,38-,42-/m0/s1. The largest absolute Gasteiger partial charge is 0.481 e. The van der Waals surface area contributed by atoms with Crippen molar-refractivity contribution in [2.45, 2.75) is 153 Å². The molecule has 27 heteroatoms. The molecule has 10 atom stereocenters. The van der Waals surface area contributed by atoms with E-state index in [-0.39, 0.29) is 44.6 Å². The van der Waals surface area contributed by atoms with E-state index in [1.54, 1.807) is 74.5 Å². The van der Waals surface area contributed by atoms with Crippen molar-refractivity contribution < 1.29 is 72.9 Å². The second-order valence-electron chi connectivity index (χ2n) is 19.1. The molecule has 0 bridgehead atoms. The maximum atomic E-state index is 13.9. The summed E-state index contributed by atoms with van der Waals surface area (Å²) in [7, 11) is 0. The van der Waals surface area contributed by atoms with Crippen LogP contribution >= 0.6 is 0 Å². The quantitative estimate of drug-likeness (QED) is 0.0295. The number of aliphatic carboxylic acids is 2. The minimum absolute atomic E-state index is 0.0385. The molecule has 0 spiro atoms. The topological polar surface area (TPSA) is 452 Å². The molecule has 0 aliphatic carbocycles. The molecule has 78 heavy (non-hydrogen) atoms. The van der Waals surface area contributed by atoms with Crippen molar-refractivity contribution in [2.24, 2.45) is 23.1 Å². The van der Waals surface area contributed by atoms with Crippen molar-refractivity contribution in [3.8, 4) is 0 Å². The molecule has 0 radical (unpaired) electrons. The zero-order valence-electron chi connectivity index (χ0n) is 44.4. The Morgan fingerprint density at radius 2 is 0.962 bits per heavy atom. The maximum absolute atomic E-state index is 13.9. The lowest BCUT2D eigenvalue weighted by Gasteiger charge is -2.27. The number of nitrogens with one attached hydrogen (secondary N) is 9. The molecular formula is C51H76N12O15. The van der Waals surface area contributed by atoms with Gasteiger partial charge in [-0.15, -0.1) is 0 Å². The first kappa shape index (κ1) is 66.1. The van der Waals surface area contributed by atoms with E-state index >= 15 is 0 Å². The minimum Gasteiger partial charge on any atom is -0.481 e. The fourth-order valence-corrected chi connectivity index (χ4v) is 7.45. The predicted octanol–water partition coefficient (Wildman–Crippen LogP) is -3.79. The maximum Gasteiger partial charge on any atom is 0.326 e. The van der Waals surface area contributed by atoms with Crippen LogP contribution in [-0.4, -0.2) is 160 Å². The van der Waals surface area contributed by atoms with Gasteiger partial charge in [-0.1, -0.05) is 74.5 Å². The Hall–Kier alpha value is -8.04. The number of carbonyl (C=O) groups excluding carboxylic acids is 10. The van der Waals surface area contributed by atoms with Crippen molar-refractivity contribution in [2.75, 3.05) is 13.1 Å². The Balaban J connectivity index is 2.22. The van der Waals surface area contributed by atoms with Crippen LogP contribution in [0.3, 0.4) is 0 Å². The molecule has 2 aromatic rings. The van der Waals surface area contributed by atoms with E-state index in [9.17, 15) is 72.9 Å². The molecule has 0 saturated heterocycles. The zero-order valence-corrected chi connectivity index (χ0v) is 44.4. The smallest absolute Gasteiger partial charge is 0.326 e. The highest BCUT2D eigenvalue weighted by molar-refractivity contribution is 5.99. The van der Waals surface area contributed by atoms with Gasteiger partial charge in [-0.05, 0) is 76.5 Å². The van der Waals surface area contributed by atoms with Crippen molar-refractivity contribution in [3.63, 3.8) is 0 Å². The first-order valence-corrected chi connectivity index (χ1v) is 25.4. The number of hydrogen-bond acceptors (Lipinski definition) is 15. The molecule has 0 aliphatic heterocycles. The summed E-state index contributed by atoms with van der Waals surface area (Å²) in [4.78, 5) is 156. The van der Waals surface area contributed by atoms with Gasteiger partial charge < -0.3 is 80.4 Å². The number of aliphatic hydroxyl groups is 1.